The van der Waals surface area contributed by atoms with E-state index in [-0.39, 0.29) is 6.03 Å². The van der Waals surface area contributed by atoms with E-state index in [2.05, 4.69) is 29.8 Å². The van der Waals surface area contributed by atoms with Crippen LogP contribution in [0.3, 0.4) is 0 Å². The maximum Gasteiger partial charge on any atom is 0.319 e. The maximum absolute atomic E-state index is 11.7. The molecule has 0 aromatic heterocycles. The first-order valence-corrected chi connectivity index (χ1v) is 7.57. The number of urea groups is 1. The third kappa shape index (κ3) is 7.11. The molecule has 0 aliphatic carbocycles. The number of hydrogen-bond donors (Lipinski definition) is 3. The van der Waals surface area contributed by atoms with E-state index in [1.165, 1.54) is 5.56 Å². The van der Waals surface area contributed by atoms with E-state index in [9.17, 15) is 4.79 Å². The molecule has 5 nitrogen and oxygen atoms in total. The molecule has 1 aromatic carbocycles. The molecule has 0 fully saturated rings. The van der Waals surface area contributed by atoms with Gasteiger partial charge in [0.25, 0.3) is 0 Å². The van der Waals surface area contributed by atoms with Gasteiger partial charge in [-0.15, -0.1) is 0 Å². The quantitative estimate of drug-likeness (QED) is 0.613. The minimum atomic E-state index is -0.181. The molecule has 0 heterocycles. The largest absolute Gasteiger partial charge is 0.381 e. The molecule has 118 valence electrons. The second kappa shape index (κ2) is 10.2. The summed E-state index contributed by atoms with van der Waals surface area (Å²) in [6.07, 6.45) is 1.85. The third-order valence-corrected chi connectivity index (χ3v) is 3.20. The molecule has 2 amide bonds. The van der Waals surface area contributed by atoms with E-state index in [0.29, 0.717) is 19.2 Å². The van der Waals surface area contributed by atoms with E-state index in [1.807, 2.05) is 31.3 Å². The molecular weight excluding hydrogens is 266 g/mol. The van der Waals surface area contributed by atoms with Gasteiger partial charge in [0, 0.05) is 31.5 Å². The summed E-state index contributed by atoms with van der Waals surface area (Å²) in [5.74, 6) is 0. The summed E-state index contributed by atoms with van der Waals surface area (Å²) in [4.78, 5) is 11.7. The highest BCUT2D eigenvalue weighted by molar-refractivity contribution is 5.89. The fraction of sp³-hybridized carbons (Fsp3) is 0.562. The smallest absolute Gasteiger partial charge is 0.319 e. The van der Waals surface area contributed by atoms with Crippen LogP contribution in [0, 0.1) is 0 Å². The van der Waals surface area contributed by atoms with Gasteiger partial charge in [-0.25, -0.2) is 4.79 Å². The molecule has 0 aliphatic heterocycles. The van der Waals surface area contributed by atoms with Crippen LogP contribution >= 0.6 is 0 Å². The molecule has 1 aromatic rings. The first kappa shape index (κ1) is 17.5. The van der Waals surface area contributed by atoms with Crippen molar-refractivity contribution in [3.8, 4) is 0 Å². The Balaban J connectivity index is 2.25. The minimum absolute atomic E-state index is 0.181. The number of anilines is 1. The summed E-state index contributed by atoms with van der Waals surface area (Å²) in [5.41, 5.74) is 1.98. The van der Waals surface area contributed by atoms with Crippen molar-refractivity contribution >= 4 is 11.7 Å². The van der Waals surface area contributed by atoms with Gasteiger partial charge in [-0.05, 0) is 44.5 Å². The van der Waals surface area contributed by atoms with E-state index in [4.69, 9.17) is 4.74 Å². The van der Waals surface area contributed by atoms with Crippen molar-refractivity contribution in [2.75, 3.05) is 32.1 Å². The van der Waals surface area contributed by atoms with Gasteiger partial charge in [0.15, 0.2) is 0 Å². The monoisotopic (exact) mass is 293 g/mol. The lowest BCUT2D eigenvalue weighted by molar-refractivity contribution is 0.132. The first-order valence-electron chi connectivity index (χ1n) is 7.57. The summed E-state index contributed by atoms with van der Waals surface area (Å²) in [7, 11) is 1.93. The number of nitrogens with one attached hydrogen (secondary N) is 3. The lowest BCUT2D eigenvalue weighted by Gasteiger charge is -2.12. The van der Waals surface area contributed by atoms with E-state index >= 15 is 0 Å². The van der Waals surface area contributed by atoms with Crippen LogP contribution in [0.25, 0.3) is 0 Å². The van der Waals surface area contributed by atoms with Gasteiger partial charge in [-0.2, -0.15) is 0 Å². The zero-order chi connectivity index (χ0) is 15.5. The fourth-order valence-electron chi connectivity index (χ4n) is 1.82. The Labute approximate surface area is 127 Å². The highest BCUT2D eigenvalue weighted by atomic mass is 16.5. The Morgan fingerprint density at radius 1 is 1.24 bits per heavy atom. The molecule has 0 radical (unpaired) electrons. The van der Waals surface area contributed by atoms with E-state index < -0.39 is 0 Å². The van der Waals surface area contributed by atoms with Gasteiger partial charge >= 0.3 is 6.03 Å². The molecule has 21 heavy (non-hydrogen) atoms. The minimum Gasteiger partial charge on any atom is -0.381 e. The van der Waals surface area contributed by atoms with Gasteiger partial charge < -0.3 is 20.7 Å². The van der Waals surface area contributed by atoms with Crippen molar-refractivity contribution in [1.82, 2.24) is 10.6 Å². The van der Waals surface area contributed by atoms with Crippen molar-refractivity contribution < 1.29 is 9.53 Å². The topological polar surface area (TPSA) is 62.4 Å². The Hall–Kier alpha value is -1.59. The Morgan fingerprint density at radius 2 is 1.95 bits per heavy atom. The highest BCUT2D eigenvalue weighted by Crippen LogP contribution is 2.15. The molecule has 1 unspecified atom stereocenters. The zero-order valence-electron chi connectivity index (χ0n) is 13.2. The molecule has 3 N–H and O–H groups in total. The second-order valence-electron chi connectivity index (χ2n) is 4.98. The molecule has 0 aliphatic rings. The average molecular weight is 293 g/mol. The van der Waals surface area contributed by atoms with Crippen LogP contribution in [0.5, 0.6) is 0 Å². The number of rotatable bonds is 9. The first-order chi connectivity index (χ1) is 10.2. The predicted molar refractivity (Wildman–Crippen MR) is 86.7 cm³/mol. The van der Waals surface area contributed by atoms with Gasteiger partial charge in [0.1, 0.15) is 0 Å². The molecule has 0 spiro atoms. The molecule has 0 saturated carbocycles. The Kier molecular flexibility index (Phi) is 8.47. The molecule has 0 saturated heterocycles. The lowest BCUT2D eigenvalue weighted by atomic mass is 10.1. The normalized spacial score (nSPS) is 12.0. The Morgan fingerprint density at radius 3 is 2.57 bits per heavy atom. The van der Waals surface area contributed by atoms with Crippen LogP contribution in [0.1, 0.15) is 38.3 Å². The molecule has 0 bridgehead atoms. The summed E-state index contributed by atoms with van der Waals surface area (Å²) < 4.78 is 5.35. The number of ether oxygens (including phenoxy) is 1. The highest BCUT2D eigenvalue weighted by Gasteiger charge is 2.04. The van der Waals surface area contributed by atoms with Crippen LogP contribution in [0.4, 0.5) is 10.5 Å². The molecule has 1 rings (SSSR count). The van der Waals surface area contributed by atoms with Gasteiger partial charge in [0.05, 0.1) is 0 Å². The van der Waals surface area contributed by atoms with E-state index in [1.54, 1.807) is 0 Å². The van der Waals surface area contributed by atoms with Crippen molar-refractivity contribution in [3.63, 3.8) is 0 Å². The van der Waals surface area contributed by atoms with Gasteiger partial charge in [-0.1, -0.05) is 19.1 Å². The van der Waals surface area contributed by atoms with Crippen molar-refractivity contribution in [1.29, 1.82) is 0 Å². The lowest BCUT2D eigenvalue weighted by Crippen LogP contribution is -2.30. The van der Waals surface area contributed by atoms with Gasteiger partial charge in [0.2, 0.25) is 0 Å². The Bertz CT molecular complexity index is 406. The molecule has 1 atom stereocenters. The third-order valence-electron chi connectivity index (χ3n) is 3.20. The zero-order valence-corrected chi connectivity index (χ0v) is 13.2. The number of benzene rings is 1. The van der Waals surface area contributed by atoms with Crippen molar-refractivity contribution in [2.24, 2.45) is 0 Å². The number of amides is 2. The average Bonchev–Trinajstić information content (AvgIpc) is 2.50. The molecular formula is C16H27N3O2. The standard InChI is InChI=1S/C16H27N3O2/c1-4-11-21-12-5-10-18-16(20)19-15-8-6-14(7-9-15)13(2)17-3/h6-9,13,17H,4-5,10-12H2,1-3H3,(H2,18,19,20). The van der Waals surface area contributed by atoms with Gasteiger partial charge in [-0.3, -0.25) is 0 Å². The molecule has 5 heteroatoms. The fourth-order valence-corrected chi connectivity index (χ4v) is 1.82. The summed E-state index contributed by atoms with van der Waals surface area (Å²) in [6, 6.07) is 7.96. The number of carbonyl (C=O) groups is 1. The van der Waals surface area contributed by atoms with E-state index in [0.717, 1.165) is 25.1 Å². The predicted octanol–water partition coefficient (Wildman–Crippen LogP) is 2.91. The van der Waals surface area contributed by atoms with Crippen LogP contribution < -0.4 is 16.0 Å². The number of carbonyl (C=O) groups excluding carboxylic acids is 1. The second-order valence-corrected chi connectivity index (χ2v) is 4.98. The summed E-state index contributed by atoms with van der Waals surface area (Å²) >= 11 is 0. The number of hydrogen-bond acceptors (Lipinski definition) is 3. The summed E-state index contributed by atoms with van der Waals surface area (Å²) in [6.45, 7) is 6.25. The van der Waals surface area contributed by atoms with Crippen LogP contribution in [0.15, 0.2) is 24.3 Å². The van der Waals surface area contributed by atoms with Crippen LogP contribution in [0.2, 0.25) is 0 Å². The summed E-state index contributed by atoms with van der Waals surface area (Å²) in [5, 5.41) is 8.81. The van der Waals surface area contributed by atoms with Crippen LogP contribution in [-0.4, -0.2) is 32.8 Å². The SMILES string of the molecule is CCCOCCCNC(=O)Nc1ccc(C(C)NC)cc1. The van der Waals surface area contributed by atoms with Crippen molar-refractivity contribution in [3.05, 3.63) is 29.8 Å². The van der Waals surface area contributed by atoms with Crippen molar-refractivity contribution in [2.45, 2.75) is 32.7 Å². The van der Waals surface area contributed by atoms with Crippen LogP contribution in [-0.2, 0) is 4.74 Å². The maximum atomic E-state index is 11.7.